The number of amides is 1. The topological polar surface area (TPSA) is 73.2 Å². The van der Waals surface area contributed by atoms with Crippen LogP contribution in [0.1, 0.15) is 30.4 Å². The minimum atomic E-state index is -3.16. The van der Waals surface area contributed by atoms with Crippen LogP contribution in [0.2, 0.25) is 0 Å². The predicted octanol–water partition coefficient (Wildman–Crippen LogP) is 3.97. The number of nitrogens with zero attached hydrogens (tertiary/aromatic N) is 2. The van der Waals surface area contributed by atoms with Crippen LogP contribution in [0.3, 0.4) is 0 Å². The molecule has 0 radical (unpaired) electrons. The highest BCUT2D eigenvalue weighted by Crippen LogP contribution is 2.24. The van der Waals surface area contributed by atoms with E-state index in [1.165, 1.54) is 10.7 Å². The third-order valence-corrected chi connectivity index (χ3v) is 3.94. The fourth-order valence-corrected chi connectivity index (χ4v) is 2.68. The van der Waals surface area contributed by atoms with Gasteiger partial charge in [-0.15, -0.1) is 0 Å². The van der Waals surface area contributed by atoms with E-state index in [9.17, 15) is 22.8 Å². The lowest BCUT2D eigenvalue weighted by Crippen LogP contribution is -2.28. The average molecular weight is 391 g/mol. The number of carbonyl (C=O) groups excluding carboxylic acids is 1. The number of fused-ring (bicyclic) bond motifs is 1. The lowest BCUT2D eigenvalue weighted by molar-refractivity contribution is -0.0521. The van der Waals surface area contributed by atoms with Gasteiger partial charge in [-0.1, -0.05) is 18.2 Å². The molecule has 0 aliphatic heterocycles. The molecule has 0 atom stereocenters. The van der Waals surface area contributed by atoms with Crippen molar-refractivity contribution in [2.45, 2.75) is 26.5 Å². The summed E-state index contributed by atoms with van der Waals surface area (Å²) in [5, 5.41) is 7.28. The van der Waals surface area contributed by atoms with E-state index in [1.54, 1.807) is 38.1 Å². The van der Waals surface area contributed by atoms with Crippen LogP contribution < -0.4 is 15.6 Å². The third-order valence-electron chi connectivity index (χ3n) is 3.94. The van der Waals surface area contributed by atoms with Crippen molar-refractivity contribution < 1.29 is 22.7 Å². The van der Waals surface area contributed by atoms with Crippen molar-refractivity contribution in [1.82, 2.24) is 9.78 Å². The number of alkyl halides is 2. The van der Waals surface area contributed by atoms with E-state index in [0.717, 1.165) is 12.1 Å². The number of hydrogen-bond donors (Lipinski definition) is 1. The Morgan fingerprint density at radius 3 is 2.43 bits per heavy atom. The molecule has 0 spiro atoms. The Kier molecular flexibility index (Phi) is 5.34. The minimum absolute atomic E-state index is 0.0165. The number of carbonyl (C=O) groups is 1. The lowest BCUT2D eigenvalue weighted by atomic mass is 10.1. The van der Waals surface area contributed by atoms with Gasteiger partial charge in [0.1, 0.15) is 0 Å². The zero-order chi connectivity index (χ0) is 20.4. The highest BCUT2D eigenvalue weighted by Gasteiger charge is 2.19. The number of halogens is 3. The Balaban J connectivity index is 1.99. The molecule has 0 fully saturated rings. The molecule has 0 bridgehead atoms. The average Bonchev–Trinajstić information content (AvgIpc) is 2.64. The van der Waals surface area contributed by atoms with E-state index >= 15 is 0 Å². The maximum atomic E-state index is 13.9. The van der Waals surface area contributed by atoms with Crippen molar-refractivity contribution >= 4 is 22.4 Å². The quantitative estimate of drug-likeness (QED) is 0.714. The molecule has 0 unspecified atom stereocenters. The first kappa shape index (κ1) is 19.4. The molecule has 6 nitrogen and oxygen atoms in total. The summed E-state index contributed by atoms with van der Waals surface area (Å²) in [5.41, 5.74) is -0.323. The SMILES string of the molecule is CC(C)n1nc(C(=O)Nc2ccc(OC(F)F)c(F)c2)c2ccccc2c1=O. The van der Waals surface area contributed by atoms with Gasteiger partial charge in [0.15, 0.2) is 17.3 Å². The van der Waals surface area contributed by atoms with Crippen LogP contribution in [0.4, 0.5) is 18.9 Å². The Hall–Kier alpha value is -3.36. The van der Waals surface area contributed by atoms with E-state index in [-0.39, 0.29) is 23.0 Å². The maximum absolute atomic E-state index is 13.9. The van der Waals surface area contributed by atoms with Gasteiger partial charge in [-0.2, -0.15) is 13.9 Å². The zero-order valence-electron chi connectivity index (χ0n) is 14.9. The van der Waals surface area contributed by atoms with Gasteiger partial charge in [-0.25, -0.2) is 9.07 Å². The molecule has 0 aliphatic rings. The molecule has 0 saturated heterocycles. The molecular weight excluding hydrogens is 375 g/mol. The van der Waals surface area contributed by atoms with Crippen LogP contribution in [0.15, 0.2) is 47.3 Å². The summed E-state index contributed by atoms with van der Waals surface area (Å²) >= 11 is 0. The van der Waals surface area contributed by atoms with Crippen molar-refractivity contribution in [2.24, 2.45) is 0 Å². The molecule has 9 heteroatoms. The summed E-state index contributed by atoms with van der Waals surface area (Å²) in [6.45, 7) is 0.340. The van der Waals surface area contributed by atoms with E-state index in [4.69, 9.17) is 0 Å². The number of ether oxygens (including phenoxy) is 1. The van der Waals surface area contributed by atoms with E-state index in [1.807, 2.05) is 0 Å². The molecule has 146 valence electrons. The van der Waals surface area contributed by atoms with Crippen molar-refractivity contribution in [3.63, 3.8) is 0 Å². The Bertz CT molecular complexity index is 1100. The normalized spacial score (nSPS) is 11.2. The number of anilines is 1. The summed E-state index contributed by atoms with van der Waals surface area (Å²) < 4.78 is 43.5. The number of aromatic nitrogens is 2. The minimum Gasteiger partial charge on any atom is -0.432 e. The zero-order valence-corrected chi connectivity index (χ0v) is 14.9. The molecule has 0 aliphatic carbocycles. The monoisotopic (exact) mass is 391 g/mol. The van der Waals surface area contributed by atoms with Gasteiger partial charge in [-0.3, -0.25) is 9.59 Å². The van der Waals surface area contributed by atoms with E-state index in [2.05, 4.69) is 15.2 Å². The molecule has 0 saturated carbocycles. The van der Waals surface area contributed by atoms with Crippen molar-refractivity contribution in [3.05, 3.63) is 64.3 Å². The molecule has 1 amide bonds. The molecular formula is C19H16F3N3O3. The van der Waals surface area contributed by atoms with Crippen LogP contribution in [-0.2, 0) is 0 Å². The summed E-state index contributed by atoms with van der Waals surface area (Å²) in [5.74, 6) is -2.36. The molecule has 28 heavy (non-hydrogen) atoms. The molecule has 1 aromatic heterocycles. The second-order valence-corrected chi connectivity index (χ2v) is 6.22. The van der Waals surface area contributed by atoms with Gasteiger partial charge >= 0.3 is 6.61 Å². The highest BCUT2D eigenvalue weighted by atomic mass is 19.3. The number of benzene rings is 2. The van der Waals surface area contributed by atoms with Crippen molar-refractivity contribution in [3.8, 4) is 5.75 Å². The predicted molar refractivity (Wildman–Crippen MR) is 97.4 cm³/mol. The van der Waals surface area contributed by atoms with Gasteiger partial charge in [0.25, 0.3) is 11.5 Å². The van der Waals surface area contributed by atoms with Gasteiger partial charge < -0.3 is 10.1 Å². The number of hydrogen-bond acceptors (Lipinski definition) is 4. The summed E-state index contributed by atoms with van der Waals surface area (Å²) in [6, 6.07) is 9.29. The molecule has 1 heterocycles. The Morgan fingerprint density at radius 1 is 1.14 bits per heavy atom. The first-order valence-electron chi connectivity index (χ1n) is 8.35. The first-order chi connectivity index (χ1) is 13.3. The first-order valence-corrected chi connectivity index (χ1v) is 8.35. The number of nitrogens with one attached hydrogen (secondary N) is 1. The van der Waals surface area contributed by atoms with E-state index in [0.29, 0.717) is 10.8 Å². The lowest BCUT2D eigenvalue weighted by Gasteiger charge is -2.14. The molecule has 2 aromatic carbocycles. The van der Waals surface area contributed by atoms with Crippen molar-refractivity contribution in [2.75, 3.05) is 5.32 Å². The standard InChI is InChI=1S/C19H16F3N3O3/c1-10(2)25-18(27)13-6-4-3-5-12(13)16(24-25)17(26)23-11-7-8-15(14(20)9-11)28-19(21)22/h3-10,19H,1-2H3,(H,23,26). The van der Waals surface area contributed by atoms with Gasteiger partial charge in [0, 0.05) is 17.1 Å². The number of rotatable bonds is 5. The van der Waals surface area contributed by atoms with Crippen LogP contribution in [0, 0.1) is 5.82 Å². The summed E-state index contributed by atoms with van der Waals surface area (Å²) in [4.78, 5) is 25.2. The molecule has 3 rings (SSSR count). The second-order valence-electron chi connectivity index (χ2n) is 6.22. The maximum Gasteiger partial charge on any atom is 0.387 e. The molecule has 3 aromatic rings. The van der Waals surface area contributed by atoms with Gasteiger partial charge in [0.05, 0.1) is 11.4 Å². The Morgan fingerprint density at radius 2 is 1.82 bits per heavy atom. The smallest absolute Gasteiger partial charge is 0.387 e. The second kappa shape index (κ2) is 7.71. The van der Waals surface area contributed by atoms with Crippen LogP contribution in [-0.4, -0.2) is 22.3 Å². The largest absolute Gasteiger partial charge is 0.432 e. The molecule has 1 N–H and O–H groups in total. The summed E-state index contributed by atoms with van der Waals surface area (Å²) in [6.07, 6.45) is 0. The van der Waals surface area contributed by atoms with Crippen LogP contribution >= 0.6 is 0 Å². The third kappa shape index (κ3) is 3.83. The van der Waals surface area contributed by atoms with Gasteiger partial charge in [0.2, 0.25) is 0 Å². The van der Waals surface area contributed by atoms with Crippen molar-refractivity contribution in [1.29, 1.82) is 0 Å². The van der Waals surface area contributed by atoms with E-state index < -0.39 is 24.1 Å². The fraction of sp³-hybridized carbons (Fsp3) is 0.211. The highest BCUT2D eigenvalue weighted by molar-refractivity contribution is 6.11. The van der Waals surface area contributed by atoms with Gasteiger partial charge in [-0.05, 0) is 32.0 Å². The van der Waals surface area contributed by atoms with Crippen LogP contribution in [0.5, 0.6) is 5.75 Å². The fourth-order valence-electron chi connectivity index (χ4n) is 2.68. The van der Waals surface area contributed by atoms with Crippen LogP contribution in [0.25, 0.3) is 10.8 Å². The summed E-state index contributed by atoms with van der Waals surface area (Å²) in [7, 11) is 0. The Labute approximate surface area is 157 Å².